The Morgan fingerprint density at radius 2 is 1.85 bits per heavy atom. The van der Waals surface area contributed by atoms with Crippen LogP contribution in [0.25, 0.3) is 0 Å². The Labute approximate surface area is 80.8 Å². The Hall–Kier alpha value is -1.18. The van der Waals surface area contributed by atoms with Crippen LogP contribution in [0.2, 0.25) is 0 Å². The maximum Gasteiger partial charge on any atom is 0.133 e. The predicted molar refractivity (Wildman–Crippen MR) is 60.4 cm³/mol. The van der Waals surface area contributed by atoms with Gasteiger partial charge in [-0.05, 0) is 19.7 Å². The summed E-state index contributed by atoms with van der Waals surface area (Å²) in [5.41, 5.74) is 0.760. The van der Waals surface area contributed by atoms with Crippen molar-refractivity contribution in [2.75, 3.05) is 0 Å². The zero-order chi connectivity index (χ0) is 10.5. The van der Waals surface area contributed by atoms with Crippen molar-refractivity contribution < 1.29 is 0 Å². The Balaban J connectivity index is 4.98. The molecular formula is C11H18N2. The fourth-order valence-corrected chi connectivity index (χ4v) is 0.791. The van der Waals surface area contributed by atoms with Gasteiger partial charge in [-0.2, -0.15) is 0 Å². The molecule has 13 heavy (non-hydrogen) atoms. The van der Waals surface area contributed by atoms with E-state index in [-0.39, 0.29) is 5.41 Å². The minimum absolute atomic E-state index is 0.0704. The molecule has 0 rings (SSSR count). The van der Waals surface area contributed by atoms with Crippen molar-refractivity contribution in [1.82, 2.24) is 0 Å². The number of aliphatic imine (C=N–C) groups is 2. The number of rotatable bonds is 2. The molecule has 0 unspecified atom stereocenters. The molecule has 0 aliphatic heterocycles. The van der Waals surface area contributed by atoms with E-state index in [0.717, 1.165) is 11.5 Å². The summed E-state index contributed by atoms with van der Waals surface area (Å²) in [6.07, 6.45) is 3.60. The van der Waals surface area contributed by atoms with E-state index < -0.39 is 0 Å². The minimum Gasteiger partial charge on any atom is -0.249 e. The van der Waals surface area contributed by atoms with Crippen LogP contribution in [0.5, 0.6) is 0 Å². The van der Waals surface area contributed by atoms with Gasteiger partial charge < -0.3 is 0 Å². The first kappa shape index (κ1) is 11.8. The first-order chi connectivity index (χ1) is 5.95. The molecule has 0 heterocycles. The molecule has 0 aromatic heterocycles. The first-order valence-corrected chi connectivity index (χ1v) is 4.30. The third kappa shape index (κ3) is 3.83. The van der Waals surface area contributed by atoms with Gasteiger partial charge in [-0.3, -0.25) is 0 Å². The SMILES string of the molecule is C=CC(=C/C)/N=C(\N=C)C(C)(C)C. The normalized spacial score (nSPS) is 14.2. The number of allylic oxidation sites excluding steroid dienone is 2. The Bertz CT molecular complexity index is 252. The fourth-order valence-electron chi connectivity index (χ4n) is 0.791. The lowest BCUT2D eigenvalue weighted by atomic mass is 9.95. The lowest BCUT2D eigenvalue weighted by Crippen LogP contribution is -2.17. The highest BCUT2D eigenvalue weighted by atomic mass is 14.9. The summed E-state index contributed by atoms with van der Waals surface area (Å²) in [4.78, 5) is 8.24. The fraction of sp³-hybridized carbons (Fsp3) is 0.455. The van der Waals surface area contributed by atoms with Crippen LogP contribution in [0.1, 0.15) is 27.7 Å². The van der Waals surface area contributed by atoms with Gasteiger partial charge >= 0.3 is 0 Å². The zero-order valence-electron chi connectivity index (χ0n) is 8.96. The van der Waals surface area contributed by atoms with Gasteiger partial charge in [0.1, 0.15) is 5.84 Å². The Morgan fingerprint density at radius 3 is 2.08 bits per heavy atom. The standard InChI is InChI=1S/C11H18N2/c1-7-9(8-2)13-10(12-6)11(3,4)5/h7-8H,1,6H2,2-5H3/b9-8-,13-10-. The molecule has 2 heteroatoms. The van der Waals surface area contributed by atoms with Crippen molar-refractivity contribution in [2.45, 2.75) is 27.7 Å². The van der Waals surface area contributed by atoms with Gasteiger partial charge in [-0.25, -0.2) is 9.98 Å². The second-order valence-electron chi connectivity index (χ2n) is 3.76. The van der Waals surface area contributed by atoms with E-state index in [1.807, 2.05) is 13.0 Å². The van der Waals surface area contributed by atoms with Crippen LogP contribution < -0.4 is 0 Å². The molecule has 0 spiro atoms. The molecule has 0 atom stereocenters. The molecule has 72 valence electrons. The van der Waals surface area contributed by atoms with E-state index >= 15 is 0 Å². The molecule has 0 N–H and O–H groups in total. The van der Waals surface area contributed by atoms with Gasteiger partial charge in [0.2, 0.25) is 0 Å². The van der Waals surface area contributed by atoms with E-state index in [2.05, 4.69) is 44.1 Å². The molecule has 0 aromatic rings. The molecule has 0 saturated heterocycles. The summed E-state index contributed by atoms with van der Waals surface area (Å²) in [7, 11) is 0. The van der Waals surface area contributed by atoms with Crippen molar-refractivity contribution in [3.8, 4) is 0 Å². The van der Waals surface area contributed by atoms with Gasteiger partial charge in [0.25, 0.3) is 0 Å². The van der Waals surface area contributed by atoms with Gasteiger partial charge in [-0.1, -0.05) is 33.4 Å². The summed E-state index contributed by atoms with van der Waals surface area (Å²) < 4.78 is 0. The molecule has 0 amide bonds. The predicted octanol–water partition coefficient (Wildman–Crippen LogP) is 3.22. The number of hydrogen-bond donors (Lipinski definition) is 0. The van der Waals surface area contributed by atoms with E-state index in [9.17, 15) is 0 Å². The van der Waals surface area contributed by atoms with Crippen LogP contribution in [0.4, 0.5) is 0 Å². The van der Waals surface area contributed by atoms with Crippen LogP contribution in [0.3, 0.4) is 0 Å². The zero-order valence-corrected chi connectivity index (χ0v) is 8.96. The van der Waals surface area contributed by atoms with Gasteiger partial charge in [0, 0.05) is 5.41 Å². The first-order valence-electron chi connectivity index (χ1n) is 4.30. The van der Waals surface area contributed by atoms with E-state index in [1.54, 1.807) is 6.08 Å². The van der Waals surface area contributed by atoms with Gasteiger partial charge in [0.15, 0.2) is 0 Å². The average molecular weight is 178 g/mol. The van der Waals surface area contributed by atoms with Crippen LogP contribution in [0, 0.1) is 5.41 Å². The molecule has 0 radical (unpaired) electrons. The van der Waals surface area contributed by atoms with Crippen LogP contribution >= 0.6 is 0 Å². The summed E-state index contributed by atoms with van der Waals surface area (Å²) in [5.74, 6) is 0.737. The minimum atomic E-state index is -0.0704. The smallest absolute Gasteiger partial charge is 0.133 e. The molecule has 0 saturated carbocycles. The highest BCUT2D eigenvalue weighted by molar-refractivity contribution is 5.91. The van der Waals surface area contributed by atoms with Crippen LogP contribution in [-0.2, 0) is 0 Å². The lowest BCUT2D eigenvalue weighted by molar-refractivity contribution is 0.585. The lowest BCUT2D eigenvalue weighted by Gasteiger charge is -2.17. The highest BCUT2D eigenvalue weighted by Crippen LogP contribution is 2.18. The largest absolute Gasteiger partial charge is 0.249 e. The summed E-state index contributed by atoms with van der Waals surface area (Å²) in [6.45, 7) is 15.2. The van der Waals surface area contributed by atoms with Gasteiger partial charge in [-0.15, -0.1) is 0 Å². The maximum absolute atomic E-state index is 4.33. The van der Waals surface area contributed by atoms with Crippen LogP contribution in [-0.4, -0.2) is 12.6 Å². The van der Waals surface area contributed by atoms with E-state index in [4.69, 9.17) is 0 Å². The third-order valence-electron chi connectivity index (χ3n) is 1.56. The van der Waals surface area contributed by atoms with Crippen LogP contribution in [0.15, 0.2) is 34.4 Å². The number of amidine groups is 1. The topological polar surface area (TPSA) is 24.7 Å². The maximum atomic E-state index is 4.33. The summed E-state index contributed by atoms with van der Waals surface area (Å²) in [6, 6.07) is 0. The van der Waals surface area contributed by atoms with Crippen molar-refractivity contribution in [3.63, 3.8) is 0 Å². The summed E-state index contributed by atoms with van der Waals surface area (Å²) in [5, 5.41) is 0. The molecule has 0 bridgehead atoms. The highest BCUT2D eigenvalue weighted by Gasteiger charge is 2.17. The molecule has 2 nitrogen and oxygen atoms in total. The molecule has 0 aliphatic carbocycles. The van der Waals surface area contributed by atoms with Crippen molar-refractivity contribution in [2.24, 2.45) is 15.4 Å². The van der Waals surface area contributed by atoms with E-state index in [1.165, 1.54) is 0 Å². The molecule has 0 aromatic carbocycles. The number of hydrogen-bond acceptors (Lipinski definition) is 1. The second kappa shape index (κ2) is 4.75. The van der Waals surface area contributed by atoms with Crippen molar-refractivity contribution in [1.29, 1.82) is 0 Å². The van der Waals surface area contributed by atoms with Gasteiger partial charge in [0.05, 0.1) is 5.70 Å². The second-order valence-corrected chi connectivity index (χ2v) is 3.76. The molecular weight excluding hydrogens is 160 g/mol. The number of nitrogens with zero attached hydrogens (tertiary/aromatic N) is 2. The van der Waals surface area contributed by atoms with E-state index in [0.29, 0.717) is 0 Å². The molecule has 0 fully saturated rings. The third-order valence-corrected chi connectivity index (χ3v) is 1.56. The Morgan fingerprint density at radius 1 is 1.31 bits per heavy atom. The van der Waals surface area contributed by atoms with Crippen molar-refractivity contribution >= 4 is 12.6 Å². The Kier molecular flexibility index (Phi) is 4.32. The average Bonchev–Trinajstić information content (AvgIpc) is 2.04. The summed E-state index contributed by atoms with van der Waals surface area (Å²) >= 11 is 0. The van der Waals surface area contributed by atoms with Crippen molar-refractivity contribution in [3.05, 3.63) is 24.4 Å². The quantitative estimate of drug-likeness (QED) is 0.352. The monoisotopic (exact) mass is 178 g/mol. The molecule has 0 aliphatic rings.